The number of anilines is 1. The lowest BCUT2D eigenvalue weighted by Crippen LogP contribution is -2.41. The first-order valence-electron chi connectivity index (χ1n) is 8.02. The van der Waals surface area contributed by atoms with Gasteiger partial charge in [0.25, 0.3) is 0 Å². The lowest BCUT2D eigenvalue weighted by Gasteiger charge is -2.22. The van der Waals surface area contributed by atoms with Crippen molar-refractivity contribution in [3.63, 3.8) is 0 Å². The number of pyridine rings is 1. The number of benzene rings is 1. The number of rotatable bonds is 4. The summed E-state index contributed by atoms with van der Waals surface area (Å²) in [5.74, 6) is 0.424. The Bertz CT molecular complexity index is 811. The molecule has 1 aromatic heterocycles. The van der Waals surface area contributed by atoms with Gasteiger partial charge in [-0.05, 0) is 18.1 Å². The number of carbonyl (C=O) groups is 2. The first-order valence-corrected chi connectivity index (χ1v) is 8.02. The smallest absolute Gasteiger partial charge is 0.418 e. The van der Waals surface area contributed by atoms with E-state index in [4.69, 9.17) is 9.47 Å². The first-order chi connectivity index (χ1) is 12.2. The van der Waals surface area contributed by atoms with Gasteiger partial charge in [-0.25, -0.2) is 19.5 Å². The molecule has 0 bridgehead atoms. The molecule has 1 aromatic carbocycles. The van der Waals surface area contributed by atoms with Gasteiger partial charge in [-0.1, -0.05) is 30.3 Å². The van der Waals surface area contributed by atoms with Crippen LogP contribution in [-0.2, 0) is 11.3 Å². The van der Waals surface area contributed by atoms with E-state index in [-0.39, 0.29) is 24.7 Å². The monoisotopic (exact) mass is 339 g/mol. The third-order valence-electron chi connectivity index (χ3n) is 4.41. The predicted octanol–water partition coefficient (Wildman–Crippen LogP) is 2.81. The number of nitrogens with zero attached hydrogens (tertiary/aromatic N) is 3. The van der Waals surface area contributed by atoms with Crippen molar-refractivity contribution in [1.82, 2.24) is 9.88 Å². The molecule has 3 amide bonds. The van der Waals surface area contributed by atoms with Crippen LogP contribution in [0.5, 0.6) is 5.88 Å². The summed E-state index contributed by atoms with van der Waals surface area (Å²) >= 11 is 0. The van der Waals surface area contributed by atoms with Gasteiger partial charge in [0.15, 0.2) is 0 Å². The minimum Gasteiger partial charge on any atom is -0.481 e. The highest BCUT2D eigenvalue weighted by molar-refractivity contribution is 6.05. The zero-order valence-electron chi connectivity index (χ0n) is 13.7. The van der Waals surface area contributed by atoms with Crippen molar-refractivity contribution in [1.29, 1.82) is 0 Å². The van der Waals surface area contributed by atoms with E-state index in [1.54, 1.807) is 23.2 Å². The zero-order chi connectivity index (χ0) is 17.4. The van der Waals surface area contributed by atoms with Crippen LogP contribution in [0.25, 0.3) is 0 Å². The van der Waals surface area contributed by atoms with Crippen LogP contribution >= 0.6 is 0 Å². The maximum Gasteiger partial charge on any atom is 0.418 e. The molecule has 128 valence electrons. The highest BCUT2D eigenvalue weighted by atomic mass is 16.6. The van der Waals surface area contributed by atoms with E-state index in [1.165, 1.54) is 12.0 Å². The standard InChI is InChI=1S/C18H17N3O4/c1-24-16-9-13(7-8-19-16)20-14-10-15(14)21(17(20)22)18(23)25-11-12-5-3-2-4-6-12/h2-9,14-15H,10-11H2,1H3/t14-,15+/m1/s1. The molecule has 0 spiro atoms. The molecular weight excluding hydrogens is 322 g/mol. The van der Waals surface area contributed by atoms with Crippen molar-refractivity contribution < 1.29 is 19.1 Å². The second kappa shape index (κ2) is 6.08. The molecule has 2 atom stereocenters. The molecule has 0 radical (unpaired) electrons. The molecule has 1 aliphatic carbocycles. The van der Waals surface area contributed by atoms with E-state index < -0.39 is 6.09 Å². The van der Waals surface area contributed by atoms with Gasteiger partial charge in [0.1, 0.15) is 6.61 Å². The summed E-state index contributed by atoms with van der Waals surface area (Å²) in [5.41, 5.74) is 1.55. The van der Waals surface area contributed by atoms with Crippen LogP contribution in [0.15, 0.2) is 48.7 Å². The van der Waals surface area contributed by atoms with Crippen molar-refractivity contribution in [3.05, 3.63) is 54.2 Å². The van der Waals surface area contributed by atoms with Gasteiger partial charge >= 0.3 is 12.1 Å². The molecule has 0 N–H and O–H groups in total. The molecule has 7 nitrogen and oxygen atoms in total. The normalized spacial score (nSPS) is 21.1. The summed E-state index contributed by atoms with van der Waals surface area (Å²) in [6.45, 7) is 0.143. The summed E-state index contributed by atoms with van der Waals surface area (Å²) in [5, 5.41) is 0. The molecule has 0 unspecified atom stereocenters. The number of hydrogen-bond donors (Lipinski definition) is 0. The number of amides is 3. The summed E-state index contributed by atoms with van der Waals surface area (Å²) in [4.78, 5) is 31.9. The number of urea groups is 1. The Kier molecular flexibility index (Phi) is 3.76. The van der Waals surface area contributed by atoms with Crippen LogP contribution in [-0.4, -0.2) is 41.2 Å². The van der Waals surface area contributed by atoms with Crippen LogP contribution in [0.2, 0.25) is 0 Å². The Labute approximate surface area is 144 Å². The first kappa shape index (κ1) is 15.4. The maximum absolute atomic E-state index is 12.7. The van der Waals surface area contributed by atoms with Crippen LogP contribution < -0.4 is 9.64 Å². The number of imide groups is 1. The lowest BCUT2D eigenvalue weighted by molar-refractivity contribution is 0.107. The van der Waals surface area contributed by atoms with Gasteiger partial charge in [0, 0.05) is 12.3 Å². The lowest BCUT2D eigenvalue weighted by atomic mass is 10.2. The SMILES string of the molecule is COc1cc(N2C(=O)N(C(=O)OCc3ccccc3)[C@H]3C[C@H]32)ccn1. The van der Waals surface area contributed by atoms with E-state index >= 15 is 0 Å². The van der Waals surface area contributed by atoms with E-state index in [0.717, 1.165) is 12.0 Å². The van der Waals surface area contributed by atoms with E-state index in [0.29, 0.717) is 11.6 Å². The largest absolute Gasteiger partial charge is 0.481 e. The molecule has 1 saturated carbocycles. The number of hydrogen-bond acceptors (Lipinski definition) is 5. The highest BCUT2D eigenvalue weighted by Gasteiger charge is 2.60. The number of methoxy groups -OCH3 is 1. The van der Waals surface area contributed by atoms with Crippen molar-refractivity contribution >= 4 is 17.8 Å². The van der Waals surface area contributed by atoms with Gasteiger partial charge in [0.2, 0.25) is 5.88 Å². The maximum atomic E-state index is 12.7. The molecule has 2 aliphatic rings. The summed E-state index contributed by atoms with van der Waals surface area (Å²) < 4.78 is 10.4. The number of carbonyl (C=O) groups excluding carboxylic acids is 2. The molecule has 2 aromatic rings. The van der Waals surface area contributed by atoms with E-state index in [1.807, 2.05) is 30.3 Å². The average molecular weight is 339 g/mol. The van der Waals surface area contributed by atoms with Gasteiger partial charge in [0.05, 0.1) is 24.9 Å². The number of ether oxygens (including phenoxy) is 2. The Morgan fingerprint density at radius 1 is 1.24 bits per heavy atom. The quantitative estimate of drug-likeness (QED) is 0.856. The molecule has 7 heteroatoms. The van der Waals surface area contributed by atoms with Crippen molar-refractivity contribution in [2.75, 3.05) is 12.0 Å². The number of fused-ring (bicyclic) bond motifs is 1. The predicted molar refractivity (Wildman–Crippen MR) is 89.3 cm³/mol. The van der Waals surface area contributed by atoms with Crippen molar-refractivity contribution in [3.8, 4) is 5.88 Å². The minimum absolute atomic E-state index is 0.0103. The second-order valence-electron chi connectivity index (χ2n) is 5.99. The third-order valence-corrected chi connectivity index (χ3v) is 4.41. The van der Waals surface area contributed by atoms with Crippen LogP contribution in [0, 0.1) is 0 Å². The summed E-state index contributed by atoms with van der Waals surface area (Å²) in [6.07, 6.45) is 1.72. The van der Waals surface area contributed by atoms with E-state index in [2.05, 4.69) is 4.98 Å². The molecule has 4 rings (SSSR count). The van der Waals surface area contributed by atoms with Crippen LogP contribution in [0.4, 0.5) is 15.3 Å². The molecular formula is C18H17N3O4. The van der Waals surface area contributed by atoms with Crippen molar-refractivity contribution in [2.45, 2.75) is 25.1 Å². The van der Waals surface area contributed by atoms with Crippen LogP contribution in [0.3, 0.4) is 0 Å². The highest BCUT2D eigenvalue weighted by Crippen LogP contribution is 2.44. The molecule has 2 fully saturated rings. The Morgan fingerprint density at radius 2 is 2.04 bits per heavy atom. The zero-order valence-corrected chi connectivity index (χ0v) is 13.7. The number of aromatic nitrogens is 1. The fraction of sp³-hybridized carbons (Fsp3) is 0.278. The average Bonchev–Trinajstić information content (AvgIpc) is 3.35. The fourth-order valence-electron chi connectivity index (χ4n) is 3.09. The molecule has 1 saturated heterocycles. The Morgan fingerprint density at radius 3 is 2.80 bits per heavy atom. The minimum atomic E-state index is -0.607. The third kappa shape index (κ3) is 2.77. The summed E-state index contributed by atoms with van der Waals surface area (Å²) in [6, 6.07) is 12.3. The Balaban J connectivity index is 1.47. The second-order valence-corrected chi connectivity index (χ2v) is 5.99. The molecule has 2 heterocycles. The van der Waals surface area contributed by atoms with Gasteiger partial charge < -0.3 is 9.47 Å². The Hall–Kier alpha value is -3.09. The van der Waals surface area contributed by atoms with Gasteiger partial charge in [-0.2, -0.15) is 0 Å². The fourth-order valence-corrected chi connectivity index (χ4v) is 3.09. The van der Waals surface area contributed by atoms with Gasteiger partial charge in [-0.15, -0.1) is 0 Å². The van der Waals surface area contributed by atoms with Crippen molar-refractivity contribution in [2.24, 2.45) is 0 Å². The molecule has 25 heavy (non-hydrogen) atoms. The van der Waals surface area contributed by atoms with E-state index in [9.17, 15) is 9.59 Å². The topological polar surface area (TPSA) is 72.0 Å². The van der Waals surface area contributed by atoms with Crippen LogP contribution in [0.1, 0.15) is 12.0 Å². The summed E-state index contributed by atoms with van der Waals surface area (Å²) in [7, 11) is 1.52. The van der Waals surface area contributed by atoms with Gasteiger partial charge in [-0.3, -0.25) is 4.90 Å². The molecule has 1 aliphatic heterocycles.